The lowest BCUT2D eigenvalue weighted by Gasteiger charge is -2.06. The molecule has 0 spiro atoms. The Balaban J connectivity index is 1.94. The molecule has 0 atom stereocenters. The van der Waals surface area contributed by atoms with E-state index in [0.717, 1.165) is 11.4 Å². The minimum atomic E-state index is -0.457. The van der Waals surface area contributed by atoms with Crippen LogP contribution in [0.25, 0.3) is 0 Å². The largest absolute Gasteiger partial charge is 0.369 e. The van der Waals surface area contributed by atoms with Gasteiger partial charge < -0.3 is 5.32 Å². The predicted octanol–water partition coefficient (Wildman–Crippen LogP) is 1.08. The first-order valence-electron chi connectivity index (χ1n) is 5.75. The van der Waals surface area contributed by atoms with E-state index < -0.39 is 4.92 Å². The summed E-state index contributed by atoms with van der Waals surface area (Å²) in [5.41, 5.74) is 0.734. The number of rotatable bonds is 5. The third-order valence-corrected chi connectivity index (χ3v) is 2.56. The van der Waals surface area contributed by atoms with Gasteiger partial charge in [-0.15, -0.1) is 0 Å². The van der Waals surface area contributed by atoms with Crippen LogP contribution in [-0.2, 0) is 13.5 Å². The quantitative estimate of drug-likeness (QED) is 0.639. The van der Waals surface area contributed by atoms with Gasteiger partial charge in [-0.2, -0.15) is 5.10 Å². The van der Waals surface area contributed by atoms with Crippen molar-refractivity contribution in [3.05, 3.63) is 40.1 Å². The van der Waals surface area contributed by atoms with Gasteiger partial charge >= 0.3 is 0 Å². The van der Waals surface area contributed by atoms with Crippen molar-refractivity contribution in [2.24, 2.45) is 7.05 Å². The van der Waals surface area contributed by atoms with Gasteiger partial charge in [0.05, 0.1) is 4.92 Å². The van der Waals surface area contributed by atoms with Crippen molar-refractivity contribution in [1.82, 2.24) is 19.7 Å². The second-order valence-corrected chi connectivity index (χ2v) is 4.13. The van der Waals surface area contributed by atoms with Crippen LogP contribution in [0.3, 0.4) is 0 Å². The van der Waals surface area contributed by atoms with Crippen molar-refractivity contribution in [1.29, 1.82) is 0 Å². The molecule has 0 fully saturated rings. The average Bonchev–Trinajstić information content (AvgIpc) is 2.77. The number of anilines is 1. The van der Waals surface area contributed by atoms with Crippen molar-refractivity contribution < 1.29 is 4.92 Å². The summed E-state index contributed by atoms with van der Waals surface area (Å²) < 4.78 is 1.64. The highest BCUT2D eigenvalue weighted by Gasteiger charge is 2.09. The number of nitrogens with zero attached hydrogens (tertiary/aromatic N) is 5. The van der Waals surface area contributed by atoms with E-state index in [4.69, 9.17) is 0 Å². The van der Waals surface area contributed by atoms with Crippen LogP contribution in [0, 0.1) is 17.0 Å². The molecule has 0 radical (unpaired) electrons. The number of nitrogens with one attached hydrogen (secondary N) is 1. The van der Waals surface area contributed by atoms with E-state index in [9.17, 15) is 10.1 Å². The summed E-state index contributed by atoms with van der Waals surface area (Å²) in [5, 5.41) is 17.9. The molecule has 0 unspecified atom stereocenters. The Labute approximate surface area is 109 Å². The highest BCUT2D eigenvalue weighted by Crippen LogP contribution is 2.17. The molecule has 0 saturated carbocycles. The van der Waals surface area contributed by atoms with Gasteiger partial charge in [0.1, 0.15) is 18.3 Å². The van der Waals surface area contributed by atoms with Crippen LogP contribution in [0.1, 0.15) is 11.4 Å². The number of nitro groups is 1. The van der Waals surface area contributed by atoms with E-state index in [-0.39, 0.29) is 5.69 Å². The molecule has 0 saturated heterocycles. The molecule has 2 heterocycles. The van der Waals surface area contributed by atoms with Crippen molar-refractivity contribution in [2.75, 3.05) is 11.9 Å². The van der Waals surface area contributed by atoms with Gasteiger partial charge in [-0.05, 0) is 12.5 Å². The molecule has 1 N–H and O–H groups in total. The molecular weight excluding hydrogens is 248 g/mol. The molecule has 0 amide bonds. The highest BCUT2D eigenvalue weighted by molar-refractivity contribution is 5.48. The molecule has 0 bridgehead atoms. The molecule has 0 aliphatic carbocycles. The normalized spacial score (nSPS) is 10.4. The smallest absolute Gasteiger partial charge is 0.287 e. The number of aromatic nitrogens is 4. The standard InChI is InChI=1S/C11H14N6O2/c1-8-5-9(17(18)19)6-13-11(8)12-4-3-10-14-7-16(2)15-10/h5-7H,3-4H2,1-2H3,(H,12,13). The number of hydrogen-bond donors (Lipinski definition) is 1. The molecule has 0 aliphatic heterocycles. The first-order chi connectivity index (χ1) is 9.06. The first-order valence-corrected chi connectivity index (χ1v) is 5.75. The molecule has 8 heteroatoms. The lowest BCUT2D eigenvalue weighted by Crippen LogP contribution is -2.09. The third-order valence-electron chi connectivity index (χ3n) is 2.56. The molecule has 8 nitrogen and oxygen atoms in total. The molecular formula is C11H14N6O2. The lowest BCUT2D eigenvalue weighted by molar-refractivity contribution is -0.385. The summed E-state index contributed by atoms with van der Waals surface area (Å²) in [7, 11) is 1.81. The van der Waals surface area contributed by atoms with Crippen molar-refractivity contribution >= 4 is 11.5 Å². The number of hydrogen-bond acceptors (Lipinski definition) is 6. The predicted molar refractivity (Wildman–Crippen MR) is 68.8 cm³/mol. The molecule has 0 aromatic carbocycles. The van der Waals surface area contributed by atoms with E-state index >= 15 is 0 Å². The van der Waals surface area contributed by atoms with Crippen LogP contribution < -0.4 is 5.32 Å². The number of aryl methyl sites for hydroxylation is 2. The summed E-state index contributed by atoms with van der Waals surface area (Å²) in [5.74, 6) is 1.39. The molecule has 100 valence electrons. The molecule has 2 aromatic heterocycles. The van der Waals surface area contributed by atoms with Crippen LogP contribution in [0.15, 0.2) is 18.6 Å². The zero-order valence-electron chi connectivity index (χ0n) is 10.7. The topological polar surface area (TPSA) is 98.8 Å². The summed E-state index contributed by atoms with van der Waals surface area (Å²) >= 11 is 0. The summed E-state index contributed by atoms with van der Waals surface area (Å²) in [6.07, 6.45) is 3.55. The first kappa shape index (κ1) is 12.9. The van der Waals surface area contributed by atoms with Gasteiger partial charge in [-0.1, -0.05) is 0 Å². The molecule has 0 aliphatic rings. The minimum absolute atomic E-state index is 0.00515. The maximum Gasteiger partial charge on any atom is 0.287 e. The highest BCUT2D eigenvalue weighted by atomic mass is 16.6. The third kappa shape index (κ3) is 3.24. The second kappa shape index (κ2) is 5.42. The van der Waals surface area contributed by atoms with E-state index in [2.05, 4.69) is 20.4 Å². The Kier molecular flexibility index (Phi) is 3.69. The number of pyridine rings is 1. The fraction of sp³-hybridized carbons (Fsp3) is 0.364. The minimum Gasteiger partial charge on any atom is -0.369 e. The van der Waals surface area contributed by atoms with Gasteiger partial charge in [0.25, 0.3) is 5.69 Å². The van der Waals surface area contributed by atoms with E-state index in [0.29, 0.717) is 18.8 Å². The zero-order valence-corrected chi connectivity index (χ0v) is 10.7. The Morgan fingerprint density at radius 3 is 2.84 bits per heavy atom. The van der Waals surface area contributed by atoms with Crippen LogP contribution in [0.4, 0.5) is 11.5 Å². The van der Waals surface area contributed by atoms with Crippen molar-refractivity contribution in [2.45, 2.75) is 13.3 Å². The van der Waals surface area contributed by atoms with Crippen LogP contribution in [0.5, 0.6) is 0 Å². The van der Waals surface area contributed by atoms with Gasteiger partial charge in [0.2, 0.25) is 0 Å². The summed E-state index contributed by atoms with van der Waals surface area (Å²) in [6.45, 7) is 2.40. The lowest BCUT2D eigenvalue weighted by atomic mass is 10.2. The van der Waals surface area contributed by atoms with Gasteiger partial charge in [-0.25, -0.2) is 9.97 Å². The monoisotopic (exact) mass is 262 g/mol. The zero-order chi connectivity index (χ0) is 13.8. The second-order valence-electron chi connectivity index (χ2n) is 4.13. The fourth-order valence-corrected chi connectivity index (χ4v) is 1.64. The Hall–Kier alpha value is -2.51. The van der Waals surface area contributed by atoms with E-state index in [1.165, 1.54) is 12.3 Å². The van der Waals surface area contributed by atoms with E-state index in [1.807, 2.05) is 7.05 Å². The van der Waals surface area contributed by atoms with Gasteiger partial charge in [0, 0.05) is 26.1 Å². The summed E-state index contributed by atoms with van der Waals surface area (Å²) in [6, 6.07) is 1.49. The van der Waals surface area contributed by atoms with Crippen molar-refractivity contribution in [3.63, 3.8) is 0 Å². The Morgan fingerprint density at radius 1 is 1.47 bits per heavy atom. The van der Waals surface area contributed by atoms with Gasteiger partial charge in [-0.3, -0.25) is 14.8 Å². The van der Waals surface area contributed by atoms with Crippen LogP contribution in [-0.4, -0.2) is 31.2 Å². The SMILES string of the molecule is Cc1cc([N+](=O)[O-])cnc1NCCc1ncn(C)n1. The summed E-state index contributed by atoms with van der Waals surface area (Å²) in [4.78, 5) is 18.3. The van der Waals surface area contributed by atoms with Gasteiger partial charge in [0.15, 0.2) is 5.82 Å². The fourth-order valence-electron chi connectivity index (χ4n) is 1.64. The van der Waals surface area contributed by atoms with Crippen LogP contribution in [0.2, 0.25) is 0 Å². The average molecular weight is 262 g/mol. The van der Waals surface area contributed by atoms with E-state index in [1.54, 1.807) is 17.9 Å². The van der Waals surface area contributed by atoms with Crippen molar-refractivity contribution in [3.8, 4) is 0 Å². The molecule has 19 heavy (non-hydrogen) atoms. The Morgan fingerprint density at radius 2 is 2.26 bits per heavy atom. The van der Waals surface area contributed by atoms with Crippen LogP contribution >= 0.6 is 0 Å². The molecule has 2 rings (SSSR count). The Bertz CT molecular complexity index is 595. The maximum atomic E-state index is 10.6. The maximum absolute atomic E-state index is 10.6. The molecule has 2 aromatic rings.